The number of aryl methyl sites for hydroxylation is 1. The van der Waals surface area contributed by atoms with Crippen molar-refractivity contribution in [1.29, 1.82) is 0 Å². The summed E-state index contributed by atoms with van der Waals surface area (Å²) < 4.78 is 21.6. The van der Waals surface area contributed by atoms with E-state index in [1.165, 1.54) is 12.1 Å². The van der Waals surface area contributed by atoms with E-state index in [9.17, 15) is 9.18 Å². The third-order valence-electron chi connectivity index (χ3n) is 5.90. The summed E-state index contributed by atoms with van der Waals surface area (Å²) in [6.07, 6.45) is 3.62. The summed E-state index contributed by atoms with van der Waals surface area (Å²) in [7, 11) is 0. The summed E-state index contributed by atoms with van der Waals surface area (Å²) in [5, 5.41) is 2.75. The Kier molecular flexibility index (Phi) is 7.84. The van der Waals surface area contributed by atoms with Crippen molar-refractivity contribution in [2.24, 2.45) is 0 Å². The monoisotopic (exact) mass is 516 g/mol. The number of nitrogens with zero attached hydrogens (tertiary/aromatic N) is 3. The fourth-order valence-electron chi connectivity index (χ4n) is 4.16. The predicted molar refractivity (Wildman–Crippen MR) is 145 cm³/mol. The van der Waals surface area contributed by atoms with Crippen LogP contribution in [0, 0.1) is 12.7 Å². The first kappa shape index (κ1) is 25.9. The molecule has 3 aromatic heterocycles. The Hall–Kier alpha value is -4.23. The zero-order valence-corrected chi connectivity index (χ0v) is 21.3. The maximum absolute atomic E-state index is 13.5. The maximum Gasteiger partial charge on any atom is 0.269 e. The molecule has 0 radical (unpaired) electrons. The van der Waals surface area contributed by atoms with Gasteiger partial charge in [0, 0.05) is 24.5 Å². The Morgan fingerprint density at radius 1 is 1.00 bits per heavy atom. The number of halogens is 2. The van der Waals surface area contributed by atoms with Crippen molar-refractivity contribution in [3.8, 4) is 28.1 Å². The Morgan fingerprint density at radius 2 is 1.78 bits per heavy atom. The van der Waals surface area contributed by atoms with E-state index in [-0.39, 0.29) is 24.1 Å². The molecule has 1 N–H and O–H groups in total. The first-order valence-electron chi connectivity index (χ1n) is 11.7. The highest BCUT2D eigenvalue weighted by Crippen LogP contribution is 2.29. The molecular weight excluding hydrogens is 491 g/mol. The minimum absolute atomic E-state index is 0. The van der Waals surface area contributed by atoms with Crippen LogP contribution in [0.25, 0.3) is 28.0 Å². The van der Waals surface area contributed by atoms with Crippen LogP contribution in [-0.4, -0.2) is 26.8 Å². The summed E-state index contributed by atoms with van der Waals surface area (Å²) in [4.78, 5) is 21.1. The molecule has 5 aromatic rings. The van der Waals surface area contributed by atoms with Crippen LogP contribution in [0.2, 0.25) is 0 Å². The zero-order valence-electron chi connectivity index (χ0n) is 20.4. The van der Waals surface area contributed by atoms with Crippen LogP contribution in [0.3, 0.4) is 0 Å². The Bertz CT molecular complexity index is 1530. The number of fused-ring (bicyclic) bond motifs is 1. The van der Waals surface area contributed by atoms with Crippen molar-refractivity contribution in [2.45, 2.75) is 20.5 Å². The molecule has 1 amide bonds. The van der Waals surface area contributed by atoms with Crippen molar-refractivity contribution in [2.75, 3.05) is 6.54 Å². The molecule has 37 heavy (non-hydrogen) atoms. The number of hydrogen-bond acceptors (Lipinski definition) is 4. The summed E-state index contributed by atoms with van der Waals surface area (Å²) in [5.74, 6) is 0.211. The first-order chi connectivity index (χ1) is 17.5. The van der Waals surface area contributed by atoms with Gasteiger partial charge in [0.2, 0.25) is 0 Å². The average molecular weight is 517 g/mol. The number of imidazole rings is 1. The molecule has 0 aliphatic heterocycles. The van der Waals surface area contributed by atoms with Crippen molar-refractivity contribution < 1.29 is 13.9 Å². The van der Waals surface area contributed by atoms with Crippen molar-refractivity contribution in [1.82, 2.24) is 19.7 Å². The van der Waals surface area contributed by atoms with E-state index in [4.69, 9.17) is 9.72 Å². The van der Waals surface area contributed by atoms with Gasteiger partial charge in [-0.25, -0.2) is 9.37 Å². The van der Waals surface area contributed by atoms with E-state index >= 15 is 0 Å². The highest BCUT2D eigenvalue weighted by atomic mass is 35.5. The molecule has 0 fully saturated rings. The lowest BCUT2D eigenvalue weighted by molar-refractivity contribution is 0.0951. The molecule has 0 aliphatic rings. The molecule has 0 saturated carbocycles. The Labute approximate surface area is 220 Å². The molecule has 8 heteroatoms. The van der Waals surface area contributed by atoms with Gasteiger partial charge in [0.25, 0.3) is 5.91 Å². The smallest absolute Gasteiger partial charge is 0.269 e. The third kappa shape index (κ3) is 5.47. The van der Waals surface area contributed by atoms with Gasteiger partial charge >= 0.3 is 0 Å². The average Bonchev–Trinajstić information content (AvgIpc) is 3.24. The van der Waals surface area contributed by atoms with Crippen LogP contribution >= 0.6 is 12.4 Å². The fourth-order valence-corrected chi connectivity index (χ4v) is 4.16. The lowest BCUT2D eigenvalue weighted by Crippen LogP contribution is -2.23. The maximum atomic E-state index is 13.5. The molecule has 3 heterocycles. The highest BCUT2D eigenvalue weighted by molar-refractivity contribution is 5.92. The molecule has 2 aromatic carbocycles. The van der Waals surface area contributed by atoms with Crippen LogP contribution < -0.4 is 10.1 Å². The zero-order chi connectivity index (χ0) is 25.1. The molecule has 0 spiro atoms. The number of carbonyl (C=O) groups is 1. The van der Waals surface area contributed by atoms with Crippen LogP contribution in [0.1, 0.15) is 28.7 Å². The minimum atomic E-state index is -0.254. The van der Waals surface area contributed by atoms with Gasteiger partial charge in [-0.1, -0.05) is 36.4 Å². The normalized spacial score (nSPS) is 10.7. The number of aromatic nitrogens is 3. The highest BCUT2D eigenvalue weighted by Gasteiger charge is 2.16. The van der Waals surface area contributed by atoms with Crippen molar-refractivity contribution in [3.63, 3.8) is 0 Å². The van der Waals surface area contributed by atoms with Gasteiger partial charge in [0.1, 0.15) is 18.1 Å². The van der Waals surface area contributed by atoms with Gasteiger partial charge in [0.15, 0.2) is 11.4 Å². The van der Waals surface area contributed by atoms with Gasteiger partial charge in [0.05, 0.1) is 11.4 Å². The standard InChI is InChI=1S/C29H25FN4O2.ClH/c1-3-31-29(35)25-14-13-23(17-32-25)27-19(2)33-28-26(8-5-15-34(27)28)36-18-20-9-11-21(12-10-20)22-6-4-7-24(30)16-22;/h4-17H,3,18H2,1-2H3,(H,31,35);1H. The molecule has 0 aliphatic carbocycles. The van der Waals surface area contributed by atoms with Gasteiger partial charge in [-0.15, -0.1) is 12.4 Å². The molecule has 0 bridgehead atoms. The first-order valence-corrected chi connectivity index (χ1v) is 11.7. The van der Waals surface area contributed by atoms with Crippen LogP contribution in [0.4, 0.5) is 4.39 Å². The SMILES string of the molecule is CCNC(=O)c1ccc(-c2c(C)nc3c(OCc4ccc(-c5cccc(F)c5)cc4)cccn23)cn1.Cl. The molecule has 5 rings (SSSR count). The van der Waals surface area contributed by atoms with Crippen molar-refractivity contribution >= 4 is 24.0 Å². The number of pyridine rings is 2. The third-order valence-corrected chi connectivity index (χ3v) is 5.90. The predicted octanol–water partition coefficient (Wildman–Crippen LogP) is 6.26. The fraction of sp³-hybridized carbons (Fsp3) is 0.138. The lowest BCUT2D eigenvalue weighted by atomic mass is 10.0. The lowest BCUT2D eigenvalue weighted by Gasteiger charge is -2.10. The molecule has 0 unspecified atom stereocenters. The van der Waals surface area contributed by atoms with Crippen LogP contribution in [-0.2, 0) is 6.61 Å². The second-order valence-corrected chi connectivity index (χ2v) is 8.40. The summed E-state index contributed by atoms with van der Waals surface area (Å²) in [6.45, 7) is 4.73. The molecule has 188 valence electrons. The van der Waals surface area contributed by atoms with Gasteiger partial charge < -0.3 is 10.1 Å². The van der Waals surface area contributed by atoms with E-state index in [1.54, 1.807) is 18.3 Å². The van der Waals surface area contributed by atoms with E-state index < -0.39 is 0 Å². The van der Waals surface area contributed by atoms with Gasteiger partial charge in [-0.3, -0.25) is 14.2 Å². The quantitative estimate of drug-likeness (QED) is 0.277. The molecular formula is C29H26ClFN4O2. The van der Waals surface area contributed by atoms with E-state index in [0.717, 1.165) is 33.6 Å². The number of rotatable bonds is 7. The van der Waals surface area contributed by atoms with Crippen LogP contribution in [0.5, 0.6) is 5.75 Å². The summed E-state index contributed by atoms with van der Waals surface area (Å²) >= 11 is 0. The molecule has 6 nitrogen and oxygen atoms in total. The van der Waals surface area contributed by atoms with Gasteiger partial charge in [-0.05, 0) is 66.9 Å². The van der Waals surface area contributed by atoms with E-state index in [1.807, 2.05) is 73.0 Å². The second kappa shape index (κ2) is 11.2. The Morgan fingerprint density at radius 3 is 2.49 bits per heavy atom. The van der Waals surface area contributed by atoms with E-state index in [2.05, 4.69) is 10.3 Å². The van der Waals surface area contributed by atoms with Crippen LogP contribution in [0.15, 0.2) is 85.2 Å². The minimum Gasteiger partial charge on any atom is -0.485 e. The summed E-state index contributed by atoms with van der Waals surface area (Å²) in [5.41, 5.74) is 6.43. The van der Waals surface area contributed by atoms with Crippen molar-refractivity contribution in [3.05, 3.63) is 108 Å². The number of benzene rings is 2. The Balaban J connectivity index is 0.00000320. The second-order valence-electron chi connectivity index (χ2n) is 8.40. The number of carbonyl (C=O) groups excluding carboxylic acids is 1. The topological polar surface area (TPSA) is 68.5 Å². The number of hydrogen-bond donors (Lipinski definition) is 1. The van der Waals surface area contributed by atoms with Gasteiger partial charge in [-0.2, -0.15) is 0 Å². The number of nitrogens with one attached hydrogen (secondary N) is 1. The summed E-state index contributed by atoms with van der Waals surface area (Å²) in [6, 6.07) is 21.8. The largest absolute Gasteiger partial charge is 0.485 e. The number of ether oxygens (including phenoxy) is 1. The molecule has 0 saturated heterocycles. The molecule has 0 atom stereocenters. The van der Waals surface area contributed by atoms with E-state index in [0.29, 0.717) is 30.2 Å². The number of amides is 1.